The summed E-state index contributed by atoms with van der Waals surface area (Å²) in [6.45, 7) is 10.6. The summed E-state index contributed by atoms with van der Waals surface area (Å²) >= 11 is 3.53. The predicted octanol–water partition coefficient (Wildman–Crippen LogP) is 6.11. The van der Waals surface area contributed by atoms with Gasteiger partial charge in [-0.25, -0.2) is 0 Å². The lowest BCUT2D eigenvalue weighted by Crippen LogP contribution is -2.12. The summed E-state index contributed by atoms with van der Waals surface area (Å²) in [5, 5.41) is 0. The fraction of sp³-hybridized carbons (Fsp3) is 0.400. The van der Waals surface area contributed by atoms with Gasteiger partial charge in [-0.3, -0.25) is 0 Å². The maximum absolute atomic E-state index is 6.02. The number of rotatable bonds is 4. The van der Waals surface area contributed by atoms with E-state index in [1.807, 2.05) is 50.2 Å². The van der Waals surface area contributed by atoms with Crippen LogP contribution in [-0.2, 0) is 5.41 Å². The molecule has 0 bridgehead atoms. The number of benzene rings is 2. The maximum Gasteiger partial charge on any atom is 0.169 e. The first-order valence-corrected chi connectivity index (χ1v) is 8.74. The van der Waals surface area contributed by atoms with Gasteiger partial charge < -0.3 is 9.47 Å². The van der Waals surface area contributed by atoms with Crippen LogP contribution >= 0.6 is 12.6 Å². The van der Waals surface area contributed by atoms with Gasteiger partial charge in [-0.15, -0.1) is 0 Å². The van der Waals surface area contributed by atoms with Crippen LogP contribution in [0.2, 0.25) is 0 Å². The van der Waals surface area contributed by atoms with Gasteiger partial charge in [0.15, 0.2) is 11.5 Å². The van der Waals surface area contributed by atoms with Crippen LogP contribution in [0.15, 0.2) is 48.5 Å². The van der Waals surface area contributed by atoms with E-state index >= 15 is 0 Å². The molecule has 0 aliphatic rings. The minimum absolute atomic E-state index is 0.0746. The zero-order valence-corrected chi connectivity index (χ0v) is 15.9. The average Bonchev–Trinajstić information content (AvgIpc) is 2.50. The van der Waals surface area contributed by atoms with Crippen LogP contribution in [0.5, 0.6) is 17.2 Å². The first kappa shape index (κ1) is 19.4. The maximum atomic E-state index is 6.02. The molecule has 126 valence electrons. The summed E-state index contributed by atoms with van der Waals surface area (Å²) in [4.78, 5) is 0. The van der Waals surface area contributed by atoms with E-state index in [4.69, 9.17) is 9.47 Å². The topological polar surface area (TPSA) is 18.5 Å². The lowest BCUT2D eigenvalue weighted by Gasteiger charge is -2.22. The Morgan fingerprint density at radius 3 is 2.00 bits per heavy atom. The molecular weight excluding hydrogens is 304 g/mol. The fourth-order valence-corrected chi connectivity index (χ4v) is 2.02. The van der Waals surface area contributed by atoms with Crippen molar-refractivity contribution in [3.8, 4) is 17.2 Å². The van der Waals surface area contributed by atoms with Crippen LogP contribution in [-0.4, -0.2) is 12.4 Å². The minimum Gasteiger partial charge on any atom is -0.487 e. The zero-order valence-electron chi connectivity index (χ0n) is 15.0. The third-order valence-corrected chi connectivity index (χ3v) is 3.14. The molecule has 0 aliphatic heterocycles. The van der Waals surface area contributed by atoms with Crippen molar-refractivity contribution >= 4 is 12.6 Å². The van der Waals surface area contributed by atoms with Crippen LogP contribution in [0.3, 0.4) is 0 Å². The van der Waals surface area contributed by atoms with Gasteiger partial charge in [-0.05, 0) is 55.3 Å². The number of ether oxygens (including phenoxy) is 2. The van der Waals surface area contributed by atoms with Gasteiger partial charge in [-0.2, -0.15) is 12.6 Å². The highest BCUT2D eigenvalue weighted by Crippen LogP contribution is 2.36. The molecule has 2 nitrogen and oxygen atoms in total. The smallest absolute Gasteiger partial charge is 0.169 e. The van der Waals surface area contributed by atoms with E-state index in [-0.39, 0.29) is 11.5 Å². The van der Waals surface area contributed by atoms with Crippen molar-refractivity contribution in [2.75, 3.05) is 6.26 Å². The van der Waals surface area contributed by atoms with Crippen molar-refractivity contribution < 1.29 is 9.47 Å². The molecule has 2 aromatic carbocycles. The molecule has 0 aliphatic carbocycles. The summed E-state index contributed by atoms with van der Waals surface area (Å²) in [5.74, 6) is 2.36. The fourth-order valence-electron chi connectivity index (χ4n) is 2.02. The van der Waals surface area contributed by atoms with Crippen molar-refractivity contribution in [2.24, 2.45) is 0 Å². The summed E-state index contributed by atoms with van der Waals surface area (Å²) in [6.07, 6.45) is 1.81. The van der Waals surface area contributed by atoms with Crippen LogP contribution in [0.1, 0.15) is 40.2 Å². The number of hydrogen-bond donors (Lipinski definition) is 1. The van der Waals surface area contributed by atoms with Crippen LogP contribution in [0.25, 0.3) is 0 Å². The molecule has 0 saturated carbocycles. The van der Waals surface area contributed by atoms with Crippen molar-refractivity contribution in [3.63, 3.8) is 0 Å². The van der Waals surface area contributed by atoms with Crippen molar-refractivity contribution in [2.45, 2.75) is 46.1 Å². The third-order valence-electron chi connectivity index (χ3n) is 3.14. The highest BCUT2D eigenvalue weighted by Gasteiger charge is 2.17. The van der Waals surface area contributed by atoms with Crippen molar-refractivity contribution in [1.29, 1.82) is 0 Å². The molecule has 0 atom stereocenters. The Bertz CT molecular complexity index is 586. The Morgan fingerprint density at radius 2 is 1.48 bits per heavy atom. The van der Waals surface area contributed by atoms with Gasteiger partial charge in [0, 0.05) is 0 Å². The SMILES string of the molecule is CC(C)Oc1ccc(C(C)(C)C)cc1Oc1ccccc1.CS. The van der Waals surface area contributed by atoms with E-state index < -0.39 is 0 Å². The van der Waals surface area contributed by atoms with Crippen LogP contribution in [0.4, 0.5) is 0 Å². The van der Waals surface area contributed by atoms with E-state index in [9.17, 15) is 0 Å². The zero-order chi connectivity index (χ0) is 17.5. The van der Waals surface area contributed by atoms with Gasteiger partial charge in [0.2, 0.25) is 0 Å². The number of para-hydroxylation sites is 1. The quantitative estimate of drug-likeness (QED) is 0.681. The Labute approximate surface area is 146 Å². The molecule has 0 aromatic heterocycles. The molecule has 0 saturated heterocycles. The van der Waals surface area contributed by atoms with Gasteiger partial charge in [-0.1, -0.05) is 45.0 Å². The van der Waals surface area contributed by atoms with Gasteiger partial charge >= 0.3 is 0 Å². The first-order chi connectivity index (χ1) is 10.9. The molecule has 0 spiro atoms. The molecule has 0 unspecified atom stereocenters. The van der Waals surface area contributed by atoms with E-state index in [0.29, 0.717) is 0 Å². The van der Waals surface area contributed by atoms with Gasteiger partial charge in [0.25, 0.3) is 0 Å². The highest BCUT2D eigenvalue weighted by molar-refractivity contribution is 7.79. The summed E-state index contributed by atoms with van der Waals surface area (Å²) in [7, 11) is 0. The Kier molecular flexibility index (Phi) is 7.50. The Hall–Kier alpha value is -1.61. The Morgan fingerprint density at radius 1 is 0.870 bits per heavy atom. The van der Waals surface area contributed by atoms with Crippen molar-refractivity contribution in [3.05, 3.63) is 54.1 Å². The standard InChI is InChI=1S/C19H24O2.CH4S/c1-14(2)20-17-12-11-15(19(3,4)5)13-18(17)21-16-9-7-6-8-10-16;1-2/h6-14H,1-5H3;2H,1H3. The third kappa shape index (κ3) is 6.19. The van der Waals surface area contributed by atoms with Crippen LogP contribution in [0, 0.1) is 0 Å². The summed E-state index contributed by atoms with van der Waals surface area (Å²) in [6, 6.07) is 16.0. The molecule has 0 radical (unpaired) electrons. The summed E-state index contributed by atoms with van der Waals surface area (Å²) < 4.78 is 11.9. The monoisotopic (exact) mass is 332 g/mol. The molecule has 0 amide bonds. The van der Waals surface area contributed by atoms with Crippen molar-refractivity contribution in [1.82, 2.24) is 0 Å². The number of thiol groups is 1. The van der Waals surface area contributed by atoms with Gasteiger partial charge in [0.05, 0.1) is 6.10 Å². The second-order valence-corrected chi connectivity index (χ2v) is 6.49. The molecule has 0 N–H and O–H groups in total. The average molecular weight is 333 g/mol. The lowest BCUT2D eigenvalue weighted by atomic mass is 9.87. The highest BCUT2D eigenvalue weighted by atomic mass is 32.1. The molecule has 3 heteroatoms. The molecule has 0 heterocycles. The Balaban J connectivity index is 0.00000127. The molecular formula is C20H28O2S. The van der Waals surface area contributed by atoms with E-state index in [0.717, 1.165) is 17.2 Å². The van der Waals surface area contributed by atoms with E-state index in [1.54, 1.807) is 6.26 Å². The van der Waals surface area contributed by atoms with Gasteiger partial charge in [0.1, 0.15) is 5.75 Å². The summed E-state index contributed by atoms with van der Waals surface area (Å²) in [5.41, 5.74) is 1.30. The lowest BCUT2D eigenvalue weighted by molar-refractivity contribution is 0.233. The number of hydrogen-bond acceptors (Lipinski definition) is 3. The van der Waals surface area contributed by atoms with E-state index in [1.165, 1.54) is 5.56 Å². The molecule has 23 heavy (non-hydrogen) atoms. The normalized spacial score (nSPS) is 10.8. The second-order valence-electron chi connectivity index (χ2n) is 6.49. The molecule has 0 fully saturated rings. The second kappa shape index (κ2) is 8.88. The molecule has 2 rings (SSSR count). The minimum atomic E-state index is 0.0746. The first-order valence-electron chi connectivity index (χ1n) is 7.85. The van der Waals surface area contributed by atoms with Crippen LogP contribution < -0.4 is 9.47 Å². The largest absolute Gasteiger partial charge is 0.487 e. The molecule has 2 aromatic rings. The predicted molar refractivity (Wildman–Crippen MR) is 102 cm³/mol. The van der Waals surface area contributed by atoms with E-state index in [2.05, 4.69) is 45.5 Å².